The molecule has 0 aliphatic rings. The second-order valence-electron chi connectivity index (χ2n) is 4.52. The second kappa shape index (κ2) is 7.04. The topological polar surface area (TPSA) is 64.3 Å². The molecule has 110 valence electrons. The fourth-order valence-corrected chi connectivity index (χ4v) is 2.74. The predicted molar refractivity (Wildman–Crippen MR) is 87.8 cm³/mol. The quantitative estimate of drug-likeness (QED) is 0.656. The van der Waals surface area contributed by atoms with Gasteiger partial charge >= 0.3 is 0 Å². The molecule has 5 heteroatoms. The first-order valence-electron chi connectivity index (χ1n) is 6.56. The summed E-state index contributed by atoms with van der Waals surface area (Å²) in [4.78, 5) is 13.1. The molecule has 0 radical (unpaired) electrons. The first-order valence-corrected chi connectivity index (χ1v) is 7.44. The fourth-order valence-electron chi connectivity index (χ4n) is 1.77. The highest BCUT2D eigenvalue weighted by atomic mass is 32.2. The largest absolute Gasteiger partial charge is 0.496 e. The van der Waals surface area contributed by atoms with E-state index in [0.29, 0.717) is 5.69 Å². The molecule has 21 heavy (non-hydrogen) atoms. The molecule has 3 N–H and O–H groups in total. The van der Waals surface area contributed by atoms with E-state index in [1.165, 1.54) is 11.8 Å². The summed E-state index contributed by atoms with van der Waals surface area (Å²) in [6.45, 7) is 1.86. The Labute approximate surface area is 128 Å². The molecule has 2 rings (SSSR count). The average Bonchev–Trinajstić information content (AvgIpc) is 2.50. The monoisotopic (exact) mass is 302 g/mol. The Morgan fingerprint density at radius 3 is 2.52 bits per heavy atom. The lowest BCUT2D eigenvalue weighted by Crippen LogP contribution is -2.22. The molecule has 2 aromatic carbocycles. The molecule has 0 saturated carbocycles. The lowest BCUT2D eigenvalue weighted by molar-refractivity contribution is -0.115. The number of benzene rings is 2. The number of carbonyl (C=O) groups excluding carboxylic acids is 1. The van der Waals surface area contributed by atoms with Crippen LogP contribution in [0.2, 0.25) is 0 Å². The van der Waals surface area contributed by atoms with Gasteiger partial charge in [-0.15, -0.1) is 11.8 Å². The first-order chi connectivity index (χ1) is 10.1. The van der Waals surface area contributed by atoms with Crippen LogP contribution in [0.5, 0.6) is 5.75 Å². The smallest absolute Gasteiger partial charge is 0.237 e. The third-order valence-electron chi connectivity index (χ3n) is 2.92. The normalized spacial score (nSPS) is 11.7. The van der Waals surface area contributed by atoms with E-state index in [1.807, 2.05) is 31.2 Å². The Hall–Kier alpha value is -2.14. The molecule has 0 fully saturated rings. The van der Waals surface area contributed by atoms with Gasteiger partial charge in [-0.05, 0) is 43.3 Å². The molecule has 2 aromatic rings. The van der Waals surface area contributed by atoms with Gasteiger partial charge < -0.3 is 15.8 Å². The second-order valence-corrected chi connectivity index (χ2v) is 5.90. The molecule has 0 spiro atoms. The maximum Gasteiger partial charge on any atom is 0.237 e. The highest BCUT2D eigenvalue weighted by Crippen LogP contribution is 2.32. The van der Waals surface area contributed by atoms with E-state index in [1.54, 1.807) is 31.4 Å². The highest BCUT2D eigenvalue weighted by molar-refractivity contribution is 8.00. The van der Waals surface area contributed by atoms with Crippen LogP contribution in [-0.4, -0.2) is 18.3 Å². The summed E-state index contributed by atoms with van der Waals surface area (Å²) in [5.41, 5.74) is 7.03. The zero-order valence-electron chi connectivity index (χ0n) is 12.0. The highest BCUT2D eigenvalue weighted by Gasteiger charge is 2.16. The van der Waals surface area contributed by atoms with Gasteiger partial charge in [-0.1, -0.05) is 12.1 Å². The third kappa shape index (κ3) is 4.16. The summed E-state index contributed by atoms with van der Waals surface area (Å²) in [6.07, 6.45) is 0. The molecular formula is C16H18N2O2S. The van der Waals surface area contributed by atoms with Crippen molar-refractivity contribution in [3.63, 3.8) is 0 Å². The first kappa shape index (κ1) is 15.3. The van der Waals surface area contributed by atoms with Crippen LogP contribution in [-0.2, 0) is 4.79 Å². The molecule has 1 unspecified atom stereocenters. The number of hydrogen-bond donors (Lipinski definition) is 2. The summed E-state index contributed by atoms with van der Waals surface area (Å²) in [6, 6.07) is 14.7. The molecule has 0 saturated heterocycles. The van der Waals surface area contributed by atoms with Crippen LogP contribution in [0.1, 0.15) is 6.92 Å². The van der Waals surface area contributed by atoms with E-state index >= 15 is 0 Å². The number of rotatable bonds is 5. The van der Waals surface area contributed by atoms with E-state index < -0.39 is 0 Å². The lowest BCUT2D eigenvalue weighted by atomic mass is 10.3. The van der Waals surface area contributed by atoms with Crippen LogP contribution < -0.4 is 15.8 Å². The van der Waals surface area contributed by atoms with E-state index in [-0.39, 0.29) is 11.2 Å². The van der Waals surface area contributed by atoms with Crippen LogP contribution in [0.3, 0.4) is 0 Å². The fraction of sp³-hybridized carbons (Fsp3) is 0.188. The zero-order chi connectivity index (χ0) is 15.2. The van der Waals surface area contributed by atoms with Crippen molar-refractivity contribution >= 4 is 29.0 Å². The number of thioether (sulfide) groups is 1. The van der Waals surface area contributed by atoms with Gasteiger partial charge in [0.25, 0.3) is 0 Å². The van der Waals surface area contributed by atoms with Crippen molar-refractivity contribution < 1.29 is 9.53 Å². The van der Waals surface area contributed by atoms with Crippen molar-refractivity contribution in [3.05, 3.63) is 48.5 Å². The number of nitrogen functional groups attached to an aromatic ring is 1. The van der Waals surface area contributed by atoms with Crippen LogP contribution in [0.4, 0.5) is 11.4 Å². The summed E-state index contributed by atoms with van der Waals surface area (Å²) in [5.74, 6) is 0.713. The van der Waals surface area contributed by atoms with E-state index in [4.69, 9.17) is 10.5 Å². The lowest BCUT2D eigenvalue weighted by Gasteiger charge is -2.14. The summed E-state index contributed by atoms with van der Waals surface area (Å²) in [5, 5.41) is 2.63. The Balaban J connectivity index is 2.01. The molecule has 4 nitrogen and oxygen atoms in total. The van der Waals surface area contributed by atoms with Gasteiger partial charge in [-0.2, -0.15) is 0 Å². The number of para-hydroxylation sites is 1. The number of anilines is 2. The van der Waals surface area contributed by atoms with Crippen LogP contribution in [0, 0.1) is 0 Å². The summed E-state index contributed by atoms with van der Waals surface area (Å²) >= 11 is 1.46. The predicted octanol–water partition coefficient (Wildman–Crippen LogP) is 3.40. The van der Waals surface area contributed by atoms with Crippen molar-refractivity contribution in [2.75, 3.05) is 18.2 Å². The average molecular weight is 302 g/mol. The van der Waals surface area contributed by atoms with E-state index in [9.17, 15) is 4.79 Å². The van der Waals surface area contributed by atoms with Crippen molar-refractivity contribution in [3.8, 4) is 5.75 Å². The maximum absolute atomic E-state index is 12.2. The Kier molecular flexibility index (Phi) is 5.11. The van der Waals surface area contributed by atoms with Crippen LogP contribution in [0.15, 0.2) is 53.4 Å². The zero-order valence-corrected chi connectivity index (χ0v) is 12.8. The van der Waals surface area contributed by atoms with Crippen LogP contribution in [0.25, 0.3) is 0 Å². The number of methoxy groups -OCH3 is 1. The summed E-state index contributed by atoms with van der Waals surface area (Å²) < 4.78 is 5.29. The molecule has 0 aromatic heterocycles. The molecule has 0 bridgehead atoms. The minimum Gasteiger partial charge on any atom is -0.496 e. The van der Waals surface area contributed by atoms with E-state index in [0.717, 1.165) is 16.3 Å². The standard InChI is InChI=1S/C16H18N2O2S/c1-11(21-15-6-4-3-5-14(15)20-2)16(19)18-13-9-7-12(17)8-10-13/h3-11H,17H2,1-2H3,(H,18,19). The molecule has 0 heterocycles. The van der Waals surface area contributed by atoms with Gasteiger partial charge in [0, 0.05) is 11.4 Å². The van der Waals surface area contributed by atoms with Crippen LogP contribution >= 0.6 is 11.8 Å². The van der Waals surface area contributed by atoms with Gasteiger partial charge in [0.1, 0.15) is 5.75 Å². The van der Waals surface area contributed by atoms with Crippen molar-refractivity contribution in [2.24, 2.45) is 0 Å². The maximum atomic E-state index is 12.2. The van der Waals surface area contributed by atoms with Gasteiger partial charge in [0.15, 0.2) is 0 Å². The summed E-state index contributed by atoms with van der Waals surface area (Å²) in [7, 11) is 1.62. The third-order valence-corrected chi connectivity index (χ3v) is 4.08. The molecule has 1 amide bonds. The Morgan fingerprint density at radius 1 is 1.19 bits per heavy atom. The SMILES string of the molecule is COc1ccccc1SC(C)C(=O)Nc1ccc(N)cc1. The number of ether oxygens (including phenoxy) is 1. The van der Waals surface area contributed by atoms with Gasteiger partial charge in [-0.3, -0.25) is 4.79 Å². The van der Waals surface area contributed by atoms with E-state index in [2.05, 4.69) is 5.32 Å². The number of nitrogens with one attached hydrogen (secondary N) is 1. The number of carbonyl (C=O) groups is 1. The van der Waals surface area contributed by atoms with Gasteiger partial charge in [-0.25, -0.2) is 0 Å². The van der Waals surface area contributed by atoms with Crippen molar-refractivity contribution in [1.29, 1.82) is 0 Å². The minimum absolute atomic E-state index is 0.0596. The molecule has 0 aliphatic heterocycles. The Bertz CT molecular complexity index is 614. The molecular weight excluding hydrogens is 284 g/mol. The number of amides is 1. The van der Waals surface area contributed by atoms with Crippen molar-refractivity contribution in [2.45, 2.75) is 17.1 Å². The van der Waals surface area contributed by atoms with Crippen molar-refractivity contribution in [1.82, 2.24) is 0 Å². The molecule has 1 atom stereocenters. The van der Waals surface area contributed by atoms with Gasteiger partial charge in [0.2, 0.25) is 5.91 Å². The van der Waals surface area contributed by atoms with Gasteiger partial charge in [0.05, 0.1) is 17.3 Å². The number of hydrogen-bond acceptors (Lipinski definition) is 4. The Morgan fingerprint density at radius 2 is 1.86 bits per heavy atom. The minimum atomic E-state index is -0.237. The molecule has 0 aliphatic carbocycles. The number of nitrogens with two attached hydrogens (primary N) is 1.